The van der Waals surface area contributed by atoms with E-state index in [4.69, 9.17) is 5.11 Å². The van der Waals surface area contributed by atoms with Crippen LogP contribution in [-0.2, 0) is 9.59 Å². The minimum atomic E-state index is -0.806. The molecule has 1 aliphatic heterocycles. The fourth-order valence-corrected chi connectivity index (χ4v) is 3.94. The van der Waals surface area contributed by atoms with Crippen LogP contribution in [0, 0.1) is 11.8 Å². The molecule has 1 aromatic carbocycles. The lowest BCUT2D eigenvalue weighted by Crippen LogP contribution is -2.46. The highest BCUT2D eigenvalue weighted by molar-refractivity contribution is 9.10. The Bertz CT molecular complexity index is 537. The van der Waals surface area contributed by atoms with Crippen LogP contribution in [0.15, 0.2) is 33.6 Å². The van der Waals surface area contributed by atoms with E-state index >= 15 is 0 Å². The lowest BCUT2D eigenvalue weighted by atomic mass is 9.90. The van der Waals surface area contributed by atoms with Crippen molar-refractivity contribution in [3.8, 4) is 0 Å². The van der Waals surface area contributed by atoms with Gasteiger partial charge >= 0.3 is 5.97 Å². The van der Waals surface area contributed by atoms with Crippen LogP contribution >= 0.6 is 27.7 Å². The van der Waals surface area contributed by atoms with Gasteiger partial charge in [0.05, 0.1) is 11.7 Å². The van der Waals surface area contributed by atoms with E-state index in [0.29, 0.717) is 25.3 Å². The zero-order valence-corrected chi connectivity index (χ0v) is 14.2. The van der Waals surface area contributed by atoms with Crippen molar-refractivity contribution >= 4 is 39.6 Å². The van der Waals surface area contributed by atoms with Gasteiger partial charge in [0.2, 0.25) is 5.91 Å². The summed E-state index contributed by atoms with van der Waals surface area (Å²) in [6.45, 7) is 2.98. The van der Waals surface area contributed by atoms with E-state index in [2.05, 4.69) is 15.9 Å². The standard InChI is InChI=1S/C15H18BrNO3S/c1-10-5-11(15(19)20)8-17(7-10)14(18)9-21-13-4-2-3-12(16)6-13/h2-4,6,10-11H,5,7-9H2,1H3,(H,19,20). The maximum atomic E-state index is 12.3. The second-order valence-corrected chi connectivity index (χ2v) is 7.39. The molecule has 0 radical (unpaired) electrons. The van der Waals surface area contributed by atoms with E-state index in [9.17, 15) is 9.59 Å². The first kappa shape index (κ1) is 16.4. The highest BCUT2D eigenvalue weighted by Crippen LogP contribution is 2.25. The van der Waals surface area contributed by atoms with Gasteiger partial charge in [-0.3, -0.25) is 9.59 Å². The Morgan fingerprint density at radius 1 is 1.43 bits per heavy atom. The van der Waals surface area contributed by atoms with Gasteiger partial charge in [-0.2, -0.15) is 0 Å². The highest BCUT2D eigenvalue weighted by Gasteiger charge is 2.31. The van der Waals surface area contributed by atoms with Crippen molar-refractivity contribution in [2.45, 2.75) is 18.2 Å². The predicted molar refractivity (Wildman–Crippen MR) is 86.4 cm³/mol. The summed E-state index contributed by atoms with van der Waals surface area (Å²) in [6, 6.07) is 7.80. The minimum Gasteiger partial charge on any atom is -0.481 e. The Labute approximate surface area is 137 Å². The molecule has 1 saturated heterocycles. The van der Waals surface area contributed by atoms with Gasteiger partial charge in [-0.05, 0) is 30.5 Å². The molecule has 2 unspecified atom stereocenters. The summed E-state index contributed by atoms with van der Waals surface area (Å²) >= 11 is 4.88. The molecule has 2 atom stereocenters. The lowest BCUT2D eigenvalue weighted by Gasteiger charge is -2.34. The summed E-state index contributed by atoms with van der Waals surface area (Å²) in [5.74, 6) is -0.653. The monoisotopic (exact) mass is 371 g/mol. The van der Waals surface area contributed by atoms with E-state index in [-0.39, 0.29) is 11.8 Å². The second kappa shape index (κ2) is 7.31. The molecular weight excluding hydrogens is 354 g/mol. The Hall–Kier alpha value is -1.01. The first-order valence-electron chi connectivity index (χ1n) is 6.84. The van der Waals surface area contributed by atoms with Crippen molar-refractivity contribution in [3.05, 3.63) is 28.7 Å². The molecular formula is C15H18BrNO3S. The molecule has 114 valence electrons. The third-order valence-corrected chi connectivity index (χ3v) is 4.99. The molecule has 1 N–H and O–H groups in total. The van der Waals surface area contributed by atoms with Gasteiger partial charge in [0.25, 0.3) is 0 Å². The summed E-state index contributed by atoms with van der Waals surface area (Å²) in [5, 5.41) is 9.15. The first-order valence-corrected chi connectivity index (χ1v) is 8.62. The second-order valence-electron chi connectivity index (χ2n) is 5.42. The van der Waals surface area contributed by atoms with Crippen LogP contribution in [0.25, 0.3) is 0 Å². The van der Waals surface area contributed by atoms with Crippen molar-refractivity contribution in [2.75, 3.05) is 18.8 Å². The molecule has 21 heavy (non-hydrogen) atoms. The molecule has 0 aromatic heterocycles. The topological polar surface area (TPSA) is 57.6 Å². The number of halogens is 1. The van der Waals surface area contributed by atoms with Gasteiger partial charge in [0.1, 0.15) is 0 Å². The number of piperidine rings is 1. The summed E-state index contributed by atoms with van der Waals surface area (Å²) in [6.07, 6.45) is 0.651. The average molecular weight is 372 g/mol. The van der Waals surface area contributed by atoms with Gasteiger partial charge < -0.3 is 10.0 Å². The van der Waals surface area contributed by atoms with Crippen LogP contribution < -0.4 is 0 Å². The summed E-state index contributed by atoms with van der Waals surface area (Å²) in [7, 11) is 0. The molecule has 1 aliphatic rings. The van der Waals surface area contributed by atoms with Crippen LogP contribution in [0.4, 0.5) is 0 Å². The Morgan fingerprint density at radius 3 is 2.86 bits per heavy atom. The van der Waals surface area contributed by atoms with Gasteiger partial charge in [-0.15, -0.1) is 11.8 Å². The maximum Gasteiger partial charge on any atom is 0.308 e. The molecule has 0 saturated carbocycles. The van der Waals surface area contributed by atoms with E-state index in [1.54, 1.807) is 4.90 Å². The van der Waals surface area contributed by atoms with Crippen LogP contribution in [0.1, 0.15) is 13.3 Å². The molecule has 2 rings (SSSR count). The minimum absolute atomic E-state index is 0.0118. The van der Waals surface area contributed by atoms with E-state index < -0.39 is 11.9 Å². The van der Waals surface area contributed by atoms with Crippen molar-refractivity contribution in [1.29, 1.82) is 0 Å². The van der Waals surface area contributed by atoms with E-state index in [1.165, 1.54) is 11.8 Å². The zero-order chi connectivity index (χ0) is 15.4. The van der Waals surface area contributed by atoms with Crippen LogP contribution in [0.2, 0.25) is 0 Å². The number of nitrogens with zero attached hydrogens (tertiary/aromatic N) is 1. The van der Waals surface area contributed by atoms with Gasteiger partial charge in [-0.1, -0.05) is 28.9 Å². The molecule has 4 nitrogen and oxygen atoms in total. The number of hydrogen-bond acceptors (Lipinski definition) is 3. The fourth-order valence-electron chi connectivity index (χ4n) is 2.53. The van der Waals surface area contributed by atoms with Crippen molar-refractivity contribution in [1.82, 2.24) is 4.90 Å². The molecule has 6 heteroatoms. The van der Waals surface area contributed by atoms with Gasteiger partial charge in [0, 0.05) is 22.5 Å². The SMILES string of the molecule is CC1CC(C(=O)O)CN(C(=O)CSc2cccc(Br)c2)C1. The molecule has 0 bridgehead atoms. The first-order chi connectivity index (χ1) is 9.95. The van der Waals surface area contributed by atoms with Crippen molar-refractivity contribution in [2.24, 2.45) is 11.8 Å². The normalized spacial score (nSPS) is 22.1. The number of carboxylic acid groups (broad SMARTS) is 1. The molecule has 1 aromatic rings. The number of hydrogen-bond donors (Lipinski definition) is 1. The predicted octanol–water partition coefficient (Wildman–Crippen LogP) is 3.11. The number of carboxylic acids is 1. The Balaban J connectivity index is 1.92. The van der Waals surface area contributed by atoms with E-state index in [0.717, 1.165) is 9.37 Å². The number of carbonyl (C=O) groups is 2. The average Bonchev–Trinajstić information content (AvgIpc) is 2.44. The molecule has 0 aliphatic carbocycles. The molecule has 0 spiro atoms. The maximum absolute atomic E-state index is 12.3. The fraction of sp³-hybridized carbons (Fsp3) is 0.467. The summed E-state index contributed by atoms with van der Waals surface area (Å²) in [4.78, 5) is 26.1. The number of aliphatic carboxylic acids is 1. The van der Waals surface area contributed by atoms with Crippen LogP contribution in [0.3, 0.4) is 0 Å². The summed E-state index contributed by atoms with van der Waals surface area (Å²) in [5.41, 5.74) is 0. The number of likely N-dealkylation sites (tertiary alicyclic amines) is 1. The third kappa shape index (κ3) is 4.74. The number of benzene rings is 1. The van der Waals surface area contributed by atoms with Gasteiger partial charge in [0.15, 0.2) is 0 Å². The molecule has 1 heterocycles. The van der Waals surface area contributed by atoms with E-state index in [1.807, 2.05) is 31.2 Å². The zero-order valence-electron chi connectivity index (χ0n) is 11.8. The quantitative estimate of drug-likeness (QED) is 0.826. The number of thioether (sulfide) groups is 1. The van der Waals surface area contributed by atoms with Crippen LogP contribution in [0.5, 0.6) is 0 Å². The largest absolute Gasteiger partial charge is 0.481 e. The highest BCUT2D eigenvalue weighted by atomic mass is 79.9. The van der Waals surface area contributed by atoms with Crippen molar-refractivity contribution < 1.29 is 14.7 Å². The number of carbonyl (C=O) groups excluding carboxylic acids is 1. The van der Waals surface area contributed by atoms with Crippen molar-refractivity contribution in [3.63, 3.8) is 0 Å². The molecule has 1 amide bonds. The number of amides is 1. The summed E-state index contributed by atoms with van der Waals surface area (Å²) < 4.78 is 0.984. The number of rotatable bonds is 4. The smallest absolute Gasteiger partial charge is 0.308 e. The third-order valence-electron chi connectivity index (χ3n) is 3.52. The van der Waals surface area contributed by atoms with Crippen LogP contribution in [-0.4, -0.2) is 40.7 Å². The Morgan fingerprint density at radius 2 is 2.19 bits per heavy atom. The molecule has 1 fully saturated rings. The van der Waals surface area contributed by atoms with Gasteiger partial charge in [-0.25, -0.2) is 0 Å². The lowest BCUT2D eigenvalue weighted by molar-refractivity contribution is -0.146. The Kier molecular flexibility index (Phi) is 5.70.